The molecule has 0 spiro atoms. The molecule has 8 aliphatic rings. The number of aryl methyl sites for hydroxylation is 5. The highest BCUT2D eigenvalue weighted by atomic mass is 35.5. The quantitative estimate of drug-likeness (QED) is 0.0530. The monoisotopic (exact) mass is 1730 g/mol. The fraction of sp³-hybridized carbons (Fsp3) is 0.470. The number of alkyl halides is 12. The molecule has 3 aromatic carbocycles. The van der Waals surface area contributed by atoms with Crippen molar-refractivity contribution in [3.63, 3.8) is 0 Å². The Morgan fingerprint density at radius 2 is 0.867 bits per heavy atom. The zero-order chi connectivity index (χ0) is 87.0. The van der Waals surface area contributed by atoms with Crippen LogP contribution in [0.5, 0.6) is 0 Å². The summed E-state index contributed by atoms with van der Waals surface area (Å²) in [6, 6.07) is 23.1. The van der Waals surface area contributed by atoms with Gasteiger partial charge in [-0.25, -0.2) is 19.6 Å². The SMILES string of the molecule is Cc1ccc(N)cc1B1OC(C)(C)C(C)(C)O1.Cc1ccc(NC(=O)N2CC=C(C(F)(F)F)C2)cc1-c1cc(-c2cnn(C)c2)nc(N2CCOCC2)c1.Cc1ccc(NC(=O)N2CC=C(C(F)(F)F)C2)cc1B1OC(C)(C)C(C)(C)O1.Cl.Cn1cc(-c2cc(Cl)cc(N3CCOCC3)n2)cn1.FC(F)(F)C1=CCCC1.FC(F)(F)C1=CCCC1. The number of rotatable bonds is 9. The van der Waals surface area contributed by atoms with Crippen molar-refractivity contribution in [3.8, 4) is 33.6 Å². The maximum atomic E-state index is 13.0. The number of urea groups is 2. The molecule has 0 unspecified atom stereocenters. The van der Waals surface area contributed by atoms with Gasteiger partial charge in [0.05, 0.1) is 96.8 Å². The van der Waals surface area contributed by atoms with Crippen LogP contribution in [0.25, 0.3) is 33.6 Å². The maximum absolute atomic E-state index is 13.0. The molecule has 4 N–H and O–H groups in total. The van der Waals surface area contributed by atoms with Crippen LogP contribution in [0.3, 0.4) is 0 Å². The van der Waals surface area contributed by atoms with E-state index in [0.29, 0.717) is 55.3 Å². The molecule has 37 heteroatoms. The van der Waals surface area contributed by atoms with E-state index < -0.39 is 79.3 Å². The molecule has 120 heavy (non-hydrogen) atoms. The number of allylic oxidation sites excluding steroid dienone is 4. The van der Waals surface area contributed by atoms with Crippen LogP contribution in [0.4, 0.5) is 91.0 Å². The smallest absolute Gasteiger partial charge is 0.399 e. The topological polar surface area (TPSA) is 214 Å². The lowest BCUT2D eigenvalue weighted by molar-refractivity contribution is -0.0939. The number of hydrogen-bond acceptors (Lipinski definition) is 15. The van der Waals surface area contributed by atoms with Crippen LogP contribution in [0.1, 0.15) is 111 Å². The lowest BCUT2D eigenvalue weighted by Crippen LogP contribution is -2.41. The minimum atomic E-state index is -4.43. The highest BCUT2D eigenvalue weighted by Crippen LogP contribution is 2.41. The van der Waals surface area contributed by atoms with Gasteiger partial charge in [0.25, 0.3) is 0 Å². The Labute approximate surface area is 702 Å². The Balaban J connectivity index is 0.000000175. The molecule has 10 heterocycles. The summed E-state index contributed by atoms with van der Waals surface area (Å²) in [6.07, 6.45) is -2.01. The average molecular weight is 1730 g/mol. The van der Waals surface area contributed by atoms with Crippen molar-refractivity contribution in [3.05, 3.63) is 172 Å². The lowest BCUT2D eigenvalue weighted by atomic mass is 9.76. The number of carbonyl (C=O) groups excluding carboxylic acids is 2. The van der Waals surface area contributed by atoms with Gasteiger partial charge in [0.1, 0.15) is 11.6 Å². The summed E-state index contributed by atoms with van der Waals surface area (Å²) in [4.78, 5) is 41.2. The number of nitrogens with one attached hydrogen (secondary N) is 2. The summed E-state index contributed by atoms with van der Waals surface area (Å²) in [5.41, 5.74) is 13.9. The molecule has 7 aromatic rings. The number of anilines is 5. The van der Waals surface area contributed by atoms with Crippen LogP contribution in [-0.4, -0.2) is 192 Å². The zero-order valence-corrected chi connectivity index (χ0v) is 70.7. The van der Waals surface area contributed by atoms with Crippen molar-refractivity contribution in [1.82, 2.24) is 39.3 Å². The van der Waals surface area contributed by atoms with Crippen LogP contribution in [0.2, 0.25) is 5.02 Å². The Bertz CT molecular complexity index is 4800. The van der Waals surface area contributed by atoms with Gasteiger partial charge in [-0.3, -0.25) is 9.36 Å². The second kappa shape index (κ2) is 39.0. The van der Waals surface area contributed by atoms with Crippen molar-refractivity contribution >= 4 is 89.9 Å². The van der Waals surface area contributed by atoms with E-state index in [1.165, 1.54) is 12.2 Å². The third-order valence-electron chi connectivity index (χ3n) is 21.9. The van der Waals surface area contributed by atoms with Gasteiger partial charge >= 0.3 is 51.0 Å². The Kier molecular flexibility index (Phi) is 30.8. The van der Waals surface area contributed by atoms with E-state index in [1.54, 1.807) is 40.0 Å². The first-order chi connectivity index (χ1) is 55.6. The fourth-order valence-corrected chi connectivity index (χ4v) is 13.6. The first-order valence-electron chi connectivity index (χ1n) is 38.9. The average Bonchev–Trinajstić information content (AvgIpc) is 1.52. The van der Waals surface area contributed by atoms with E-state index in [1.807, 2.05) is 136 Å². The number of nitrogens with two attached hydrogens (primary N) is 1. The summed E-state index contributed by atoms with van der Waals surface area (Å²) >= 11 is 6.20. The zero-order valence-electron chi connectivity index (χ0n) is 69.1. The normalized spacial score (nSPS) is 18.5. The predicted octanol–water partition coefficient (Wildman–Crippen LogP) is 17.8. The van der Waals surface area contributed by atoms with Crippen LogP contribution in [0, 0.1) is 20.8 Å². The highest BCUT2D eigenvalue weighted by Gasteiger charge is 2.54. The molecule has 4 amide bonds. The number of aromatic nitrogens is 6. The van der Waals surface area contributed by atoms with E-state index in [9.17, 15) is 62.3 Å². The third-order valence-corrected chi connectivity index (χ3v) is 22.1. The lowest BCUT2D eigenvalue weighted by Gasteiger charge is -2.32. The summed E-state index contributed by atoms with van der Waals surface area (Å²) in [5.74, 6) is 1.71. The number of pyridine rings is 2. The van der Waals surface area contributed by atoms with Gasteiger partial charge in [-0.2, -0.15) is 62.9 Å². The number of morpholine rings is 2. The van der Waals surface area contributed by atoms with Crippen LogP contribution in [-0.2, 0) is 42.2 Å². The molecule has 4 fully saturated rings. The number of ether oxygens (including phenoxy) is 2. The first-order valence-corrected chi connectivity index (χ1v) is 39.3. The number of hydrogen-bond donors (Lipinski definition) is 3. The van der Waals surface area contributed by atoms with Crippen molar-refractivity contribution < 1.29 is 90.4 Å². The molecule has 6 aliphatic heterocycles. The minimum Gasteiger partial charge on any atom is -0.399 e. The van der Waals surface area contributed by atoms with E-state index in [-0.39, 0.29) is 67.8 Å². The first kappa shape index (κ1) is 94.8. The Hall–Kier alpha value is -9.09. The molecule has 4 aromatic heterocycles. The van der Waals surface area contributed by atoms with Crippen LogP contribution in [0.15, 0.2) is 150 Å². The van der Waals surface area contributed by atoms with Gasteiger partial charge < -0.3 is 64.1 Å². The number of nitrogen functional groups attached to an aromatic ring is 1. The molecule has 4 saturated heterocycles. The maximum Gasteiger partial charge on any atom is 0.495 e. The van der Waals surface area contributed by atoms with Crippen molar-refractivity contribution in [2.45, 2.75) is 162 Å². The van der Waals surface area contributed by atoms with Crippen LogP contribution < -0.4 is 37.1 Å². The molecule has 0 bridgehead atoms. The Morgan fingerprint density at radius 1 is 0.483 bits per heavy atom. The molecule has 650 valence electrons. The van der Waals surface area contributed by atoms with E-state index in [2.05, 4.69) is 63.3 Å². The molecular formula is C83H101B2Cl2F12N13O8. The molecule has 21 nitrogen and oxygen atoms in total. The number of amides is 4. The molecule has 0 atom stereocenters. The summed E-state index contributed by atoms with van der Waals surface area (Å²) < 4.78 is 186. The van der Waals surface area contributed by atoms with Gasteiger partial charge in [-0.1, -0.05) is 65.2 Å². The van der Waals surface area contributed by atoms with Crippen molar-refractivity contribution in [2.24, 2.45) is 14.1 Å². The van der Waals surface area contributed by atoms with Gasteiger partial charge in [0, 0.05) is 110 Å². The highest BCUT2D eigenvalue weighted by molar-refractivity contribution is 6.63. The van der Waals surface area contributed by atoms with Gasteiger partial charge in [0.15, 0.2) is 0 Å². The predicted molar refractivity (Wildman–Crippen MR) is 445 cm³/mol. The third kappa shape index (κ3) is 24.8. The van der Waals surface area contributed by atoms with E-state index in [0.717, 1.165) is 140 Å². The second-order valence-corrected chi connectivity index (χ2v) is 32.3. The fourth-order valence-electron chi connectivity index (χ4n) is 13.4. The van der Waals surface area contributed by atoms with Crippen molar-refractivity contribution in [1.29, 1.82) is 0 Å². The summed E-state index contributed by atoms with van der Waals surface area (Å²) in [5, 5.41) is 14.5. The summed E-state index contributed by atoms with van der Waals surface area (Å²) in [6.45, 7) is 26.7. The van der Waals surface area contributed by atoms with E-state index in [4.69, 9.17) is 50.4 Å². The Morgan fingerprint density at radius 3 is 1.24 bits per heavy atom. The van der Waals surface area contributed by atoms with Gasteiger partial charge in [-0.15, -0.1) is 12.4 Å². The second-order valence-electron chi connectivity index (χ2n) is 31.8. The summed E-state index contributed by atoms with van der Waals surface area (Å²) in [7, 11) is 2.81. The van der Waals surface area contributed by atoms with Gasteiger partial charge in [0.2, 0.25) is 0 Å². The largest absolute Gasteiger partial charge is 0.495 e. The molecular weight excluding hydrogens is 1630 g/mol. The molecule has 0 radical (unpaired) electrons. The molecule has 0 saturated carbocycles. The number of nitrogens with zero attached hydrogens (tertiary/aromatic N) is 10. The number of carbonyl (C=O) groups is 2. The number of halogens is 14. The van der Waals surface area contributed by atoms with Crippen molar-refractivity contribution in [2.75, 3.05) is 105 Å². The molecule has 2 aliphatic carbocycles. The number of benzene rings is 3. The van der Waals surface area contributed by atoms with Crippen LogP contribution >= 0.6 is 24.0 Å². The van der Waals surface area contributed by atoms with Gasteiger partial charge in [-0.05, 0) is 203 Å². The van der Waals surface area contributed by atoms with E-state index >= 15 is 0 Å². The standard InChI is InChI=1S/C26H27F3N6O2.C19H24BF3N2O3.C13H20BNO2.C13H15ClN4O.2C6H7F3.ClH/c1-17-3-4-21(31-25(36)35-6-5-20(16-35)26(27,28)29)13-22(17)18-11-23(19-14-30-33(2)15-19)32-24(12-18)34-7-9-37-10-8-34;1-12-6-7-14(10-15(12)20-27-17(2,3)18(4,5)28-20)24-16(26)25-9-8-13(11-25)19(21,22)23;1-9-6-7-10(15)8-11(9)14-16-12(2,3)13(4,5)17-14;1-17-9-10(8-15-17)12-6-11(14)7-13(16-12)18-2-4-19-5-3-18;2*7-6(8,9)5-3-1-2-4-5;/h3-5,11-15H,6-10,16H2,1-2H3,(H,31,36);6-8,10H,9,11H2,1-5H3,(H,24,26);6-8H,15H2,1-5H3;6-9H,2-5H2,1H3;2*3H,1-2,4H2;1H. The minimum absolute atomic E-state index is 0. The molecule has 15 rings (SSSR count).